The van der Waals surface area contributed by atoms with Gasteiger partial charge in [0.2, 0.25) is 0 Å². The fourth-order valence-electron chi connectivity index (χ4n) is 2.65. The highest BCUT2D eigenvalue weighted by molar-refractivity contribution is 5.48. The van der Waals surface area contributed by atoms with Crippen molar-refractivity contribution in [1.29, 1.82) is 0 Å². The van der Waals surface area contributed by atoms with E-state index in [0.717, 1.165) is 24.9 Å². The van der Waals surface area contributed by atoms with Crippen molar-refractivity contribution in [3.63, 3.8) is 0 Å². The molecule has 3 heteroatoms. The van der Waals surface area contributed by atoms with Crippen LogP contribution in [-0.2, 0) is 12.8 Å². The lowest BCUT2D eigenvalue weighted by molar-refractivity contribution is 0.432. The largest absolute Gasteiger partial charge is 0.505 e. The minimum atomic E-state index is -0.582. The lowest BCUT2D eigenvalue weighted by Crippen LogP contribution is -2.27. The zero-order chi connectivity index (χ0) is 13.2. The maximum atomic E-state index is 13.3. The number of hydrogen-bond donors (Lipinski definition) is 2. The molecule has 0 amide bonds. The van der Waals surface area contributed by atoms with Gasteiger partial charge in [-0.05, 0) is 42.5 Å². The van der Waals surface area contributed by atoms with E-state index in [0.29, 0.717) is 6.04 Å². The Labute approximate surface area is 111 Å². The summed E-state index contributed by atoms with van der Waals surface area (Å²) in [6, 6.07) is 13.2. The van der Waals surface area contributed by atoms with Crippen molar-refractivity contribution in [2.45, 2.75) is 25.3 Å². The molecule has 0 heterocycles. The number of aryl methyl sites for hydroxylation is 1. The Hall–Kier alpha value is -2.03. The second-order valence-corrected chi connectivity index (χ2v) is 5.02. The number of benzene rings is 2. The van der Waals surface area contributed by atoms with Gasteiger partial charge in [-0.15, -0.1) is 0 Å². The van der Waals surface area contributed by atoms with Gasteiger partial charge in [0.15, 0.2) is 11.6 Å². The van der Waals surface area contributed by atoms with Gasteiger partial charge in [-0.3, -0.25) is 0 Å². The molecule has 0 aliphatic heterocycles. The fourth-order valence-corrected chi connectivity index (χ4v) is 2.65. The van der Waals surface area contributed by atoms with Crippen LogP contribution in [0.3, 0.4) is 0 Å². The van der Waals surface area contributed by atoms with Gasteiger partial charge in [0.25, 0.3) is 0 Å². The summed E-state index contributed by atoms with van der Waals surface area (Å²) < 4.78 is 13.3. The molecular formula is C16H16FNO. The van der Waals surface area contributed by atoms with Crippen molar-refractivity contribution in [1.82, 2.24) is 0 Å². The number of anilines is 1. The number of rotatable bonds is 2. The molecule has 2 aromatic carbocycles. The molecule has 0 saturated heterocycles. The van der Waals surface area contributed by atoms with Crippen molar-refractivity contribution in [3.8, 4) is 5.75 Å². The van der Waals surface area contributed by atoms with Crippen LogP contribution in [0.1, 0.15) is 17.5 Å². The van der Waals surface area contributed by atoms with E-state index in [1.807, 2.05) is 0 Å². The third-order valence-electron chi connectivity index (χ3n) is 3.67. The highest BCUT2D eigenvalue weighted by Crippen LogP contribution is 2.25. The summed E-state index contributed by atoms with van der Waals surface area (Å²) >= 11 is 0. The highest BCUT2D eigenvalue weighted by atomic mass is 19.1. The zero-order valence-electron chi connectivity index (χ0n) is 10.6. The predicted octanol–water partition coefficient (Wildman–Crippen LogP) is 3.50. The summed E-state index contributed by atoms with van der Waals surface area (Å²) in [5.74, 6) is -0.888. The quantitative estimate of drug-likeness (QED) is 0.807. The highest BCUT2D eigenvalue weighted by Gasteiger charge is 2.18. The number of aromatic hydroxyl groups is 1. The Kier molecular flexibility index (Phi) is 3.11. The average molecular weight is 257 g/mol. The van der Waals surface area contributed by atoms with E-state index in [9.17, 15) is 9.50 Å². The van der Waals surface area contributed by atoms with Crippen LogP contribution in [0.25, 0.3) is 0 Å². The van der Waals surface area contributed by atoms with Gasteiger partial charge in [0.05, 0.1) is 0 Å². The molecule has 2 nitrogen and oxygen atoms in total. The Morgan fingerprint density at radius 1 is 1.11 bits per heavy atom. The van der Waals surface area contributed by atoms with E-state index in [1.54, 1.807) is 6.07 Å². The number of halogens is 1. The Morgan fingerprint density at radius 2 is 1.89 bits per heavy atom. The molecular weight excluding hydrogens is 241 g/mol. The minimum Gasteiger partial charge on any atom is -0.505 e. The second kappa shape index (κ2) is 4.92. The van der Waals surface area contributed by atoms with Crippen LogP contribution in [0.2, 0.25) is 0 Å². The molecule has 0 fully saturated rings. The van der Waals surface area contributed by atoms with Crippen LogP contribution in [0.5, 0.6) is 5.75 Å². The topological polar surface area (TPSA) is 32.3 Å². The summed E-state index contributed by atoms with van der Waals surface area (Å²) in [6.45, 7) is 0. The van der Waals surface area contributed by atoms with Crippen LogP contribution >= 0.6 is 0 Å². The first-order valence-corrected chi connectivity index (χ1v) is 6.54. The van der Waals surface area contributed by atoms with Gasteiger partial charge >= 0.3 is 0 Å². The molecule has 1 aliphatic rings. The molecule has 2 N–H and O–H groups in total. The van der Waals surface area contributed by atoms with E-state index in [1.165, 1.54) is 23.3 Å². The smallest absolute Gasteiger partial charge is 0.166 e. The van der Waals surface area contributed by atoms with Crippen molar-refractivity contribution >= 4 is 5.69 Å². The third kappa shape index (κ3) is 2.55. The van der Waals surface area contributed by atoms with Crippen molar-refractivity contribution in [2.75, 3.05) is 5.32 Å². The lowest BCUT2D eigenvalue weighted by atomic mass is 9.88. The van der Waals surface area contributed by atoms with Gasteiger partial charge in [-0.2, -0.15) is 0 Å². The lowest BCUT2D eigenvalue weighted by Gasteiger charge is -2.26. The summed E-state index contributed by atoms with van der Waals surface area (Å²) in [5, 5.41) is 12.5. The van der Waals surface area contributed by atoms with Gasteiger partial charge in [0.1, 0.15) is 0 Å². The second-order valence-electron chi connectivity index (χ2n) is 5.02. The molecule has 0 bridgehead atoms. The molecule has 0 spiro atoms. The number of phenols is 1. The van der Waals surface area contributed by atoms with E-state index in [-0.39, 0.29) is 5.75 Å². The Bertz CT molecular complexity index is 597. The zero-order valence-corrected chi connectivity index (χ0v) is 10.6. The number of fused-ring (bicyclic) bond motifs is 1. The van der Waals surface area contributed by atoms with E-state index < -0.39 is 5.82 Å². The van der Waals surface area contributed by atoms with Crippen molar-refractivity contribution in [3.05, 3.63) is 59.4 Å². The standard InChI is InChI=1S/C16H16FNO/c17-15-10-14(7-8-16(15)19)18-13-6-5-11-3-1-2-4-12(11)9-13/h1-4,7-8,10,13,18-19H,5-6,9H2. The molecule has 0 saturated carbocycles. The van der Waals surface area contributed by atoms with Gasteiger partial charge < -0.3 is 10.4 Å². The van der Waals surface area contributed by atoms with Gasteiger partial charge in [0, 0.05) is 17.8 Å². The third-order valence-corrected chi connectivity index (χ3v) is 3.67. The first-order chi connectivity index (χ1) is 9.22. The molecule has 3 rings (SSSR count). The predicted molar refractivity (Wildman–Crippen MR) is 73.9 cm³/mol. The van der Waals surface area contributed by atoms with Crippen molar-refractivity contribution < 1.29 is 9.50 Å². The molecule has 98 valence electrons. The first kappa shape index (κ1) is 12.0. The molecule has 1 unspecified atom stereocenters. The molecule has 2 aromatic rings. The molecule has 19 heavy (non-hydrogen) atoms. The van der Waals surface area contributed by atoms with Crippen molar-refractivity contribution in [2.24, 2.45) is 0 Å². The SMILES string of the molecule is Oc1ccc(NC2CCc3ccccc3C2)cc1F. The minimum absolute atomic E-state index is 0.306. The van der Waals surface area contributed by atoms with E-state index >= 15 is 0 Å². The van der Waals surface area contributed by atoms with E-state index in [2.05, 4.69) is 29.6 Å². The maximum Gasteiger partial charge on any atom is 0.166 e. The monoisotopic (exact) mass is 257 g/mol. The summed E-state index contributed by atoms with van der Waals surface area (Å²) in [5.41, 5.74) is 3.50. The molecule has 1 aliphatic carbocycles. The number of hydrogen-bond acceptors (Lipinski definition) is 2. The summed E-state index contributed by atoms with van der Waals surface area (Å²) in [7, 11) is 0. The number of phenolic OH excluding ortho intramolecular Hbond substituents is 1. The van der Waals surface area contributed by atoms with Gasteiger partial charge in [-0.1, -0.05) is 24.3 Å². The van der Waals surface area contributed by atoms with Crippen LogP contribution in [-0.4, -0.2) is 11.1 Å². The van der Waals surface area contributed by atoms with Crippen LogP contribution in [0.4, 0.5) is 10.1 Å². The van der Waals surface area contributed by atoms with Crippen LogP contribution in [0, 0.1) is 5.82 Å². The molecule has 0 aromatic heterocycles. The van der Waals surface area contributed by atoms with Crippen LogP contribution < -0.4 is 5.32 Å². The summed E-state index contributed by atoms with van der Waals surface area (Å²) in [4.78, 5) is 0. The summed E-state index contributed by atoms with van der Waals surface area (Å²) in [6.07, 6.45) is 3.05. The molecule has 1 atom stereocenters. The van der Waals surface area contributed by atoms with Gasteiger partial charge in [-0.25, -0.2) is 4.39 Å². The average Bonchev–Trinajstić information content (AvgIpc) is 2.43. The normalized spacial score (nSPS) is 17.8. The van der Waals surface area contributed by atoms with Crippen LogP contribution in [0.15, 0.2) is 42.5 Å². The Balaban J connectivity index is 1.73. The van der Waals surface area contributed by atoms with E-state index in [4.69, 9.17) is 0 Å². The fraction of sp³-hybridized carbons (Fsp3) is 0.250. The maximum absolute atomic E-state index is 13.3. The molecule has 0 radical (unpaired) electrons. The first-order valence-electron chi connectivity index (χ1n) is 6.54. The number of nitrogens with one attached hydrogen (secondary N) is 1. The Morgan fingerprint density at radius 3 is 2.68 bits per heavy atom.